The van der Waals surface area contributed by atoms with Crippen LogP contribution >= 0.6 is 0 Å². The molecular weight excluding hydrogens is 1050 g/mol. The fraction of sp³-hybridized carbons (Fsp3) is 0.182. The Balaban J connectivity index is 0.00000640. The summed E-state index contributed by atoms with van der Waals surface area (Å²) < 4.78 is 11.6. The second kappa shape index (κ2) is 20.3. The van der Waals surface area contributed by atoms with Crippen LogP contribution in [0.4, 0.5) is 0 Å². The average Bonchev–Trinajstić information content (AvgIpc) is 3.78. The van der Waals surface area contributed by atoms with Crippen LogP contribution in [-0.4, -0.2) is 19.6 Å². The van der Waals surface area contributed by atoms with Gasteiger partial charge in [-0.3, -0.25) is 9.55 Å². The average molecular weight is 1110 g/mol. The molecule has 0 aliphatic carbocycles. The van der Waals surface area contributed by atoms with Crippen molar-refractivity contribution >= 4 is 11.0 Å². The molecule has 1 atom stereocenters. The molecule has 1 N–H and O–H groups in total. The number of imidazole rings is 1. The maximum Gasteiger partial charge on any atom is 0.148 e. The Kier molecular flexibility index (Phi) is 13.6. The van der Waals surface area contributed by atoms with Crippen LogP contribution in [0.2, 0.25) is 0 Å². The van der Waals surface area contributed by atoms with E-state index in [9.17, 15) is 6.48 Å². The number of fused-ring (bicyclic) bond motifs is 1. The van der Waals surface area contributed by atoms with Crippen LogP contribution in [-0.2, 0) is 26.5 Å². The predicted octanol–water partition coefficient (Wildman–Crippen LogP) is 17.6. The zero-order valence-corrected chi connectivity index (χ0v) is 44.0. The van der Waals surface area contributed by atoms with Crippen molar-refractivity contribution in [1.29, 1.82) is 0 Å². The van der Waals surface area contributed by atoms with E-state index in [1.807, 2.05) is 73.8 Å². The summed E-state index contributed by atoms with van der Waals surface area (Å²) in [6.07, 6.45) is 1.87. The van der Waals surface area contributed by atoms with E-state index in [2.05, 4.69) is 186 Å². The zero-order chi connectivity index (χ0) is 49.6. The second-order valence-electron chi connectivity index (χ2n) is 20.1. The molecule has 10 aromatic rings. The van der Waals surface area contributed by atoms with Gasteiger partial charge in [-0.2, -0.15) is 0 Å². The van der Waals surface area contributed by atoms with Crippen LogP contribution in [0.25, 0.3) is 83.9 Å². The maximum absolute atomic E-state index is 12.4. The SMILES string of the molecule is [2H]C(C)(c1ccccc1)c1ccc(-c2ccnc(-c3[c-]c(-c4cccc5c4nc(-c4cccc(C(C)(C)C)c4O)n5-c4c(C(C)C)cc(-c5ccccc5)cc4C(C)C)cc(-c4ccccc4)c3)c2)cc1.[Pt]. The Bertz CT molecular complexity index is 3510. The van der Waals surface area contributed by atoms with Gasteiger partial charge in [0.1, 0.15) is 11.6 Å². The van der Waals surface area contributed by atoms with Gasteiger partial charge in [-0.05, 0) is 103 Å². The zero-order valence-electron chi connectivity index (χ0n) is 42.7. The Labute approximate surface area is 435 Å². The Morgan fingerprint density at radius 3 is 1.68 bits per heavy atom. The first kappa shape index (κ1) is 47.5. The monoisotopic (exact) mass is 1110 g/mol. The number of benzene rings is 8. The molecule has 0 radical (unpaired) electrons. The van der Waals surface area contributed by atoms with Gasteiger partial charge in [-0.15, -0.1) is 23.8 Å². The molecule has 2 aromatic heterocycles. The molecule has 356 valence electrons. The number of aromatic hydroxyl groups is 1. The molecule has 8 aromatic carbocycles. The first-order valence-corrected chi connectivity index (χ1v) is 24.5. The van der Waals surface area contributed by atoms with Crippen molar-refractivity contribution in [2.24, 2.45) is 0 Å². The largest absolute Gasteiger partial charge is 0.507 e. The molecule has 2 heterocycles. The van der Waals surface area contributed by atoms with Crippen molar-refractivity contribution in [2.45, 2.75) is 78.5 Å². The maximum atomic E-state index is 12.4. The molecule has 1 unspecified atom stereocenters. The second-order valence-corrected chi connectivity index (χ2v) is 20.1. The molecule has 5 heteroatoms. The van der Waals surface area contributed by atoms with Gasteiger partial charge in [0.15, 0.2) is 0 Å². The molecular formula is C66H60N3OPt-. The van der Waals surface area contributed by atoms with Gasteiger partial charge < -0.3 is 5.11 Å². The van der Waals surface area contributed by atoms with Crippen molar-refractivity contribution in [3.8, 4) is 78.6 Å². The standard InChI is InChI=1S/C66H60N3O.Pt/c1-42(2)57-39-52(48-24-16-11-17-25-48)40-58(43(3)4)63(57)69-61-29-19-26-55(62(61)68-65(69)56-27-18-28-59(64(56)70)66(6,7)8)53-36-51(47-22-14-10-15-23-47)37-54(38-53)60-41-50(34-35-67-60)49-32-30-46(31-33-49)44(5)45-20-12-9-13-21-45;/h9-37,39-44,70H,1-8H3;/q-1;/i44D;. The summed E-state index contributed by atoms with van der Waals surface area (Å²) in [4.78, 5) is 10.6. The Hall–Kier alpha value is -7.13. The summed E-state index contributed by atoms with van der Waals surface area (Å²) in [6.45, 7) is 17.4. The summed E-state index contributed by atoms with van der Waals surface area (Å²) in [5, 5.41) is 12.4. The van der Waals surface area contributed by atoms with Crippen LogP contribution in [0.3, 0.4) is 0 Å². The fourth-order valence-corrected chi connectivity index (χ4v) is 9.84. The van der Waals surface area contributed by atoms with Gasteiger partial charge in [0, 0.05) is 40.2 Å². The quantitative estimate of drug-likeness (QED) is 0.131. The number of aromatic nitrogens is 3. The molecule has 0 fully saturated rings. The van der Waals surface area contributed by atoms with E-state index in [4.69, 9.17) is 9.97 Å². The number of phenols is 1. The number of para-hydroxylation sites is 2. The number of hydrogen-bond acceptors (Lipinski definition) is 3. The van der Waals surface area contributed by atoms with Gasteiger partial charge in [-0.25, -0.2) is 4.98 Å². The number of hydrogen-bond donors (Lipinski definition) is 1. The molecule has 0 spiro atoms. The molecule has 0 amide bonds. The molecule has 0 saturated heterocycles. The summed E-state index contributed by atoms with van der Waals surface area (Å²) >= 11 is 0. The summed E-state index contributed by atoms with van der Waals surface area (Å²) in [7, 11) is 0. The Morgan fingerprint density at radius 2 is 1.07 bits per heavy atom. The number of phenolic OH excluding ortho intramolecular Hbond substituents is 1. The van der Waals surface area contributed by atoms with Gasteiger partial charge >= 0.3 is 0 Å². The minimum Gasteiger partial charge on any atom is -0.507 e. The van der Waals surface area contributed by atoms with Crippen molar-refractivity contribution in [1.82, 2.24) is 14.5 Å². The van der Waals surface area contributed by atoms with Crippen LogP contribution in [0.1, 0.15) is 102 Å². The van der Waals surface area contributed by atoms with Gasteiger partial charge in [-0.1, -0.05) is 218 Å². The van der Waals surface area contributed by atoms with Crippen molar-refractivity contribution in [3.05, 3.63) is 228 Å². The summed E-state index contributed by atoms with van der Waals surface area (Å²) in [5.74, 6) is 0.369. The molecule has 0 aliphatic rings. The molecule has 0 bridgehead atoms. The first-order valence-electron chi connectivity index (χ1n) is 25.0. The molecule has 0 aliphatic heterocycles. The minimum atomic E-state index is -0.886. The number of nitrogens with zero attached hydrogens (tertiary/aromatic N) is 3. The Morgan fingerprint density at radius 1 is 0.535 bits per heavy atom. The third-order valence-corrected chi connectivity index (χ3v) is 13.7. The van der Waals surface area contributed by atoms with E-state index in [1.54, 1.807) is 0 Å². The first-order chi connectivity index (χ1) is 34.2. The van der Waals surface area contributed by atoms with Crippen LogP contribution in [0.15, 0.2) is 194 Å². The molecule has 10 rings (SSSR count). The summed E-state index contributed by atoms with van der Waals surface area (Å²) in [5.41, 5.74) is 18.4. The van der Waals surface area contributed by atoms with Crippen LogP contribution < -0.4 is 0 Å². The number of pyridine rings is 1. The van der Waals surface area contributed by atoms with E-state index >= 15 is 0 Å². The van der Waals surface area contributed by atoms with Gasteiger partial charge in [0.2, 0.25) is 0 Å². The van der Waals surface area contributed by atoms with E-state index in [0.29, 0.717) is 11.4 Å². The van der Waals surface area contributed by atoms with E-state index in [-0.39, 0.29) is 44.1 Å². The third kappa shape index (κ3) is 9.71. The normalized spacial score (nSPS) is 12.7. The van der Waals surface area contributed by atoms with Crippen molar-refractivity contribution < 1.29 is 27.5 Å². The minimum absolute atomic E-state index is 0. The van der Waals surface area contributed by atoms with Crippen molar-refractivity contribution in [2.75, 3.05) is 0 Å². The van der Waals surface area contributed by atoms with Gasteiger partial charge in [0.05, 0.1) is 22.3 Å². The molecule has 71 heavy (non-hydrogen) atoms. The van der Waals surface area contributed by atoms with E-state index in [0.717, 1.165) is 78.0 Å². The predicted molar refractivity (Wildman–Crippen MR) is 293 cm³/mol. The van der Waals surface area contributed by atoms with Crippen LogP contribution in [0, 0.1) is 6.07 Å². The summed E-state index contributed by atoms with van der Waals surface area (Å²) in [6, 6.07) is 69.1. The molecule has 0 saturated carbocycles. The van der Waals surface area contributed by atoms with E-state index in [1.165, 1.54) is 22.3 Å². The van der Waals surface area contributed by atoms with Crippen LogP contribution in [0.5, 0.6) is 5.75 Å². The van der Waals surface area contributed by atoms with Gasteiger partial charge in [0.25, 0.3) is 0 Å². The van der Waals surface area contributed by atoms with E-state index < -0.39 is 5.89 Å². The van der Waals surface area contributed by atoms with Crippen molar-refractivity contribution in [3.63, 3.8) is 0 Å². The fourth-order valence-electron chi connectivity index (χ4n) is 9.84. The third-order valence-electron chi connectivity index (χ3n) is 13.7. The smallest absolute Gasteiger partial charge is 0.148 e. The topological polar surface area (TPSA) is 50.9 Å². The number of rotatable bonds is 11. The molecule has 4 nitrogen and oxygen atoms in total.